The molecule has 4 aromatic heterocycles. The molecule has 53 heavy (non-hydrogen) atoms. The van der Waals surface area contributed by atoms with Crippen molar-refractivity contribution in [1.29, 1.82) is 0 Å². The second-order valence-corrected chi connectivity index (χ2v) is 15.1. The Morgan fingerprint density at radius 1 is 1.02 bits per heavy atom. The number of nitrogens with zero attached hydrogens (tertiary/aromatic N) is 8. The second-order valence-electron chi connectivity index (χ2n) is 15.1. The third kappa shape index (κ3) is 6.82. The molecule has 3 aliphatic rings. The molecule has 0 saturated carbocycles. The van der Waals surface area contributed by atoms with Crippen molar-refractivity contribution >= 4 is 28.8 Å². The van der Waals surface area contributed by atoms with Crippen LogP contribution in [-0.2, 0) is 16.0 Å². The molecular weight excluding hydrogens is 670 g/mol. The number of hydrogen-bond donors (Lipinski definition) is 2. The lowest BCUT2D eigenvalue weighted by Crippen LogP contribution is -2.47. The van der Waals surface area contributed by atoms with Gasteiger partial charge < -0.3 is 34.1 Å². The molecule has 0 radical (unpaired) electrons. The number of para-hydroxylation sites is 1. The van der Waals surface area contributed by atoms with Crippen LogP contribution >= 0.6 is 0 Å². The van der Waals surface area contributed by atoms with Gasteiger partial charge >= 0.3 is 5.97 Å². The highest BCUT2D eigenvalue weighted by Crippen LogP contribution is 2.39. The molecule has 2 saturated heterocycles. The molecule has 13 heteroatoms. The first-order valence-corrected chi connectivity index (χ1v) is 19.2. The summed E-state index contributed by atoms with van der Waals surface area (Å²) in [4.78, 5) is 33.1. The Balaban J connectivity index is 0.864. The van der Waals surface area contributed by atoms with Crippen molar-refractivity contribution < 1.29 is 19.2 Å². The minimum absolute atomic E-state index is 0.0438. The van der Waals surface area contributed by atoms with Gasteiger partial charge in [-0.1, -0.05) is 31.1 Å². The summed E-state index contributed by atoms with van der Waals surface area (Å²) >= 11 is 0. The molecule has 0 spiro atoms. The van der Waals surface area contributed by atoms with E-state index in [2.05, 4.69) is 42.0 Å². The van der Waals surface area contributed by atoms with E-state index in [1.807, 2.05) is 57.4 Å². The number of aromatic nitrogens is 6. The Kier molecular flexibility index (Phi) is 9.76. The van der Waals surface area contributed by atoms with E-state index >= 15 is 0 Å². The number of carbonyl (C=O) groups excluding carboxylic acids is 1. The molecule has 3 aliphatic heterocycles. The molecule has 2 fully saturated rings. The Labute approximate surface area is 309 Å². The van der Waals surface area contributed by atoms with Crippen molar-refractivity contribution in [3.63, 3.8) is 0 Å². The van der Waals surface area contributed by atoms with Crippen LogP contribution in [0.15, 0.2) is 53.3 Å². The molecule has 2 N–H and O–H groups in total. The number of benzene rings is 1. The molecule has 0 amide bonds. The van der Waals surface area contributed by atoms with Gasteiger partial charge in [0.25, 0.3) is 0 Å². The van der Waals surface area contributed by atoms with E-state index in [4.69, 9.17) is 19.2 Å². The van der Waals surface area contributed by atoms with E-state index in [1.54, 1.807) is 12.1 Å². The number of aromatic hydroxyl groups is 1. The Bertz CT molecular complexity index is 2040. The monoisotopic (exact) mass is 719 g/mol. The van der Waals surface area contributed by atoms with Gasteiger partial charge in [0, 0.05) is 72.8 Å². The zero-order chi connectivity index (χ0) is 36.6. The average molecular weight is 720 g/mol. The van der Waals surface area contributed by atoms with Crippen LogP contribution in [0.5, 0.6) is 5.75 Å². The predicted molar refractivity (Wildman–Crippen MR) is 202 cm³/mol. The topological polar surface area (TPSA) is 150 Å². The summed E-state index contributed by atoms with van der Waals surface area (Å²) in [5, 5.41) is 24.7. The molecule has 0 aliphatic carbocycles. The number of hydrogen-bond acceptors (Lipinski definition) is 12. The standard InChI is InChI=1S/C40H49N9O4/c1-5-52-39(51)36(24(2)3)34-21-35(46-53-34)48-17-12-28(13-18-48)47-15-10-26(11-16-47)27-22-41-40(42-23-27)49-19-14-31-37(25(49)4)30-20-32(44-45-38(30)43-31)29-8-6-7-9-33(29)50/h6-9,20-26,28,36,50H,5,10-19H2,1-4H3,(H,43,45)/t25-,36?/m1/s1. The number of rotatable bonds is 9. The van der Waals surface area contributed by atoms with Crippen molar-refractivity contribution in [2.24, 2.45) is 5.92 Å². The Hall–Kier alpha value is -5.04. The molecule has 8 rings (SSSR count). The first kappa shape index (κ1) is 35.0. The van der Waals surface area contributed by atoms with Crippen LogP contribution in [0.1, 0.15) is 93.8 Å². The number of H-pyrrole nitrogens is 1. The van der Waals surface area contributed by atoms with Crippen molar-refractivity contribution in [2.75, 3.05) is 49.1 Å². The van der Waals surface area contributed by atoms with E-state index in [9.17, 15) is 9.90 Å². The fraction of sp³-hybridized carbons (Fsp3) is 0.500. The highest BCUT2D eigenvalue weighted by Gasteiger charge is 2.34. The number of likely N-dealkylation sites (tertiary alicyclic amines) is 1. The van der Waals surface area contributed by atoms with Crippen LogP contribution in [-0.4, -0.2) is 91.7 Å². The maximum Gasteiger partial charge on any atom is 0.317 e. The van der Waals surface area contributed by atoms with Crippen LogP contribution in [0.3, 0.4) is 0 Å². The largest absolute Gasteiger partial charge is 0.507 e. The van der Waals surface area contributed by atoms with Gasteiger partial charge in [-0.25, -0.2) is 9.97 Å². The molecule has 5 aromatic rings. The number of carbonyl (C=O) groups is 1. The summed E-state index contributed by atoms with van der Waals surface area (Å²) in [6, 6.07) is 11.8. The third-order valence-electron chi connectivity index (χ3n) is 11.6. The van der Waals surface area contributed by atoms with Crippen molar-refractivity contribution in [1.82, 2.24) is 35.2 Å². The molecule has 1 aromatic carbocycles. The molecule has 0 bridgehead atoms. The van der Waals surface area contributed by atoms with Crippen LogP contribution < -0.4 is 9.80 Å². The number of aromatic amines is 1. The molecule has 2 atom stereocenters. The van der Waals surface area contributed by atoms with E-state index < -0.39 is 5.92 Å². The van der Waals surface area contributed by atoms with Crippen molar-refractivity contribution in [3.05, 3.63) is 71.4 Å². The van der Waals surface area contributed by atoms with E-state index in [-0.39, 0.29) is 23.7 Å². The molecule has 1 unspecified atom stereocenters. The molecule has 7 heterocycles. The summed E-state index contributed by atoms with van der Waals surface area (Å²) in [5.74, 6) is 2.14. The first-order chi connectivity index (χ1) is 25.8. The molecular formula is C40H49N9O4. The van der Waals surface area contributed by atoms with Gasteiger partial charge in [0.05, 0.1) is 18.3 Å². The predicted octanol–water partition coefficient (Wildman–Crippen LogP) is 6.38. The summed E-state index contributed by atoms with van der Waals surface area (Å²) in [7, 11) is 0. The van der Waals surface area contributed by atoms with Gasteiger partial charge in [0.15, 0.2) is 17.2 Å². The van der Waals surface area contributed by atoms with Crippen molar-refractivity contribution in [3.8, 4) is 17.0 Å². The van der Waals surface area contributed by atoms with Crippen LogP contribution in [0, 0.1) is 5.92 Å². The van der Waals surface area contributed by atoms with E-state index in [0.717, 1.165) is 87.6 Å². The fourth-order valence-corrected chi connectivity index (χ4v) is 8.69. The Morgan fingerprint density at radius 3 is 2.49 bits per heavy atom. The lowest BCUT2D eigenvalue weighted by Gasteiger charge is -2.41. The van der Waals surface area contributed by atoms with Crippen molar-refractivity contribution in [2.45, 2.75) is 83.7 Å². The number of nitrogens with one attached hydrogen (secondary N) is 1. The smallest absolute Gasteiger partial charge is 0.317 e. The quantitative estimate of drug-likeness (QED) is 0.163. The maximum atomic E-state index is 12.6. The number of phenolic OH excluding ortho intramolecular Hbond substituents is 1. The zero-order valence-electron chi connectivity index (χ0n) is 31.0. The first-order valence-electron chi connectivity index (χ1n) is 19.2. The SMILES string of the molecule is CCOC(=O)C(c1cc(N2CCC(N3CCC(c4cnc(N5CCc6[nH]c7nnc(-c8ccccc8O)cc7c6[C@H]5C)nc4)CC3)CC2)no1)C(C)C. The summed E-state index contributed by atoms with van der Waals surface area (Å²) < 4.78 is 11.0. The summed E-state index contributed by atoms with van der Waals surface area (Å²) in [6.07, 6.45) is 9.25. The molecule has 278 valence electrons. The third-order valence-corrected chi connectivity index (χ3v) is 11.6. The lowest BCUT2D eigenvalue weighted by atomic mass is 9.89. The van der Waals surface area contributed by atoms with Gasteiger partial charge in [0.1, 0.15) is 11.7 Å². The lowest BCUT2D eigenvalue weighted by molar-refractivity contribution is -0.146. The van der Waals surface area contributed by atoms with Gasteiger partial charge in [0.2, 0.25) is 5.95 Å². The van der Waals surface area contributed by atoms with Gasteiger partial charge in [-0.15, -0.1) is 10.2 Å². The maximum absolute atomic E-state index is 12.6. The zero-order valence-corrected chi connectivity index (χ0v) is 31.0. The second kappa shape index (κ2) is 14.8. The van der Waals surface area contributed by atoms with E-state index in [0.29, 0.717) is 35.6 Å². The number of esters is 1. The minimum Gasteiger partial charge on any atom is -0.507 e. The Morgan fingerprint density at radius 2 is 1.77 bits per heavy atom. The normalized spacial score (nSPS) is 19.5. The summed E-state index contributed by atoms with van der Waals surface area (Å²) in [5.41, 5.74) is 5.63. The van der Waals surface area contributed by atoms with E-state index in [1.165, 1.54) is 16.8 Å². The van der Waals surface area contributed by atoms with Crippen LogP contribution in [0.2, 0.25) is 0 Å². The average Bonchev–Trinajstić information content (AvgIpc) is 3.81. The molecule has 13 nitrogen and oxygen atoms in total. The van der Waals surface area contributed by atoms with Gasteiger partial charge in [-0.2, -0.15) is 0 Å². The van der Waals surface area contributed by atoms with Gasteiger partial charge in [-0.05, 0) is 88.2 Å². The summed E-state index contributed by atoms with van der Waals surface area (Å²) in [6.45, 7) is 13.1. The van der Waals surface area contributed by atoms with Gasteiger partial charge in [-0.3, -0.25) is 4.79 Å². The highest BCUT2D eigenvalue weighted by molar-refractivity contribution is 5.86. The number of piperidine rings is 2. The number of fused-ring (bicyclic) bond motifs is 3. The number of ether oxygens (including phenoxy) is 1. The number of anilines is 2. The number of phenols is 1. The minimum atomic E-state index is -0.444. The van der Waals surface area contributed by atoms with Crippen LogP contribution in [0.25, 0.3) is 22.3 Å². The fourth-order valence-electron chi connectivity index (χ4n) is 8.69. The van der Waals surface area contributed by atoms with Crippen LogP contribution in [0.4, 0.5) is 11.8 Å². The highest BCUT2D eigenvalue weighted by atomic mass is 16.5.